The van der Waals surface area contributed by atoms with E-state index < -0.39 is 0 Å². The maximum absolute atomic E-state index is 9.84. The van der Waals surface area contributed by atoms with E-state index >= 15 is 0 Å². The molecule has 0 aromatic carbocycles. The third-order valence-electron chi connectivity index (χ3n) is 4.65. The fourth-order valence-corrected chi connectivity index (χ4v) is 3.47. The Morgan fingerprint density at radius 3 is 2.72 bits per heavy atom. The molecule has 18 heavy (non-hydrogen) atoms. The number of nitrogens with one attached hydrogen (secondary N) is 1. The molecule has 1 aliphatic carbocycles. The highest BCUT2D eigenvalue weighted by Gasteiger charge is 2.26. The quantitative estimate of drug-likeness (QED) is 0.788. The van der Waals surface area contributed by atoms with Gasteiger partial charge in [-0.1, -0.05) is 13.3 Å². The van der Waals surface area contributed by atoms with Gasteiger partial charge in [-0.15, -0.1) is 0 Å². The second kappa shape index (κ2) is 7.46. The summed E-state index contributed by atoms with van der Waals surface area (Å²) in [7, 11) is 0. The predicted octanol–water partition coefficient (Wildman–Crippen LogP) is 2.00. The van der Waals surface area contributed by atoms with E-state index in [0.717, 1.165) is 13.0 Å². The highest BCUT2D eigenvalue weighted by Crippen LogP contribution is 2.25. The van der Waals surface area contributed by atoms with Crippen LogP contribution in [0, 0.1) is 5.92 Å². The molecule has 2 aliphatic rings. The second-order valence-corrected chi connectivity index (χ2v) is 6.14. The van der Waals surface area contributed by atoms with E-state index in [4.69, 9.17) is 0 Å². The van der Waals surface area contributed by atoms with Gasteiger partial charge in [-0.3, -0.25) is 0 Å². The van der Waals surface area contributed by atoms with Crippen molar-refractivity contribution >= 4 is 0 Å². The Morgan fingerprint density at radius 1 is 1.11 bits per heavy atom. The first-order chi connectivity index (χ1) is 8.79. The van der Waals surface area contributed by atoms with Gasteiger partial charge in [0.05, 0.1) is 6.10 Å². The minimum atomic E-state index is -0.0418. The minimum absolute atomic E-state index is 0.0418. The van der Waals surface area contributed by atoms with Gasteiger partial charge in [-0.25, -0.2) is 0 Å². The van der Waals surface area contributed by atoms with Crippen LogP contribution < -0.4 is 5.32 Å². The summed E-state index contributed by atoms with van der Waals surface area (Å²) in [6.07, 6.45) is 8.58. The lowest BCUT2D eigenvalue weighted by molar-refractivity contribution is 0.129. The summed E-state index contributed by atoms with van der Waals surface area (Å²) >= 11 is 0. The van der Waals surface area contributed by atoms with E-state index in [1.165, 1.54) is 58.2 Å². The predicted molar refractivity (Wildman–Crippen MR) is 75.7 cm³/mol. The molecule has 0 aromatic heterocycles. The third kappa shape index (κ3) is 4.22. The number of hydrogen-bond acceptors (Lipinski definition) is 3. The Morgan fingerprint density at radius 2 is 2.00 bits per heavy atom. The molecular weight excluding hydrogens is 224 g/mol. The molecule has 0 aromatic rings. The van der Waals surface area contributed by atoms with Crippen molar-refractivity contribution in [1.29, 1.82) is 0 Å². The summed E-state index contributed by atoms with van der Waals surface area (Å²) in [5.74, 6) is 0.514. The molecular formula is C15H30N2O. The summed E-state index contributed by atoms with van der Waals surface area (Å²) < 4.78 is 0. The van der Waals surface area contributed by atoms with Crippen LogP contribution in [0.5, 0.6) is 0 Å². The van der Waals surface area contributed by atoms with Gasteiger partial charge < -0.3 is 15.3 Å². The molecule has 3 atom stereocenters. The smallest absolute Gasteiger partial charge is 0.0580 e. The van der Waals surface area contributed by atoms with E-state index in [2.05, 4.69) is 17.1 Å². The van der Waals surface area contributed by atoms with Crippen molar-refractivity contribution in [2.24, 2.45) is 5.92 Å². The largest absolute Gasteiger partial charge is 0.393 e. The number of rotatable bonds is 5. The molecule has 3 heteroatoms. The number of likely N-dealkylation sites (tertiary alicyclic amines) is 1. The van der Waals surface area contributed by atoms with Crippen molar-refractivity contribution in [3.8, 4) is 0 Å². The van der Waals surface area contributed by atoms with Gasteiger partial charge in [-0.2, -0.15) is 0 Å². The topological polar surface area (TPSA) is 35.5 Å². The first-order valence-corrected chi connectivity index (χ1v) is 7.93. The Hall–Kier alpha value is -0.120. The van der Waals surface area contributed by atoms with Gasteiger partial charge in [-0.05, 0) is 64.1 Å². The number of aliphatic hydroxyl groups is 1. The summed E-state index contributed by atoms with van der Waals surface area (Å²) in [4.78, 5) is 2.60. The van der Waals surface area contributed by atoms with E-state index in [-0.39, 0.29) is 6.10 Å². The average Bonchev–Trinajstić information content (AvgIpc) is 2.63. The van der Waals surface area contributed by atoms with Crippen molar-refractivity contribution in [2.45, 2.75) is 64.0 Å². The number of hydrogen-bond donors (Lipinski definition) is 2. The molecule has 1 heterocycles. The van der Waals surface area contributed by atoms with Crippen LogP contribution in [-0.2, 0) is 0 Å². The number of aliphatic hydroxyl groups excluding tert-OH is 1. The number of nitrogens with zero attached hydrogens (tertiary/aromatic N) is 1. The molecule has 3 nitrogen and oxygen atoms in total. The standard InChI is InChI=1S/C15H30N2O/c1-2-9-17-10-4-6-14(8-11-17)16-12-13-5-3-7-15(13)18/h13-16,18H,2-12H2,1H3. The molecule has 2 fully saturated rings. The zero-order valence-electron chi connectivity index (χ0n) is 11.9. The van der Waals surface area contributed by atoms with Crippen LogP contribution in [0.25, 0.3) is 0 Å². The summed E-state index contributed by atoms with van der Waals surface area (Å²) in [5.41, 5.74) is 0. The third-order valence-corrected chi connectivity index (χ3v) is 4.65. The van der Waals surface area contributed by atoms with Crippen molar-refractivity contribution < 1.29 is 5.11 Å². The Balaban J connectivity index is 1.67. The van der Waals surface area contributed by atoms with Gasteiger partial charge in [0.15, 0.2) is 0 Å². The zero-order valence-corrected chi connectivity index (χ0v) is 11.9. The van der Waals surface area contributed by atoms with Crippen molar-refractivity contribution in [3.63, 3.8) is 0 Å². The van der Waals surface area contributed by atoms with Crippen LogP contribution in [-0.4, -0.2) is 48.3 Å². The molecule has 1 aliphatic heterocycles. The highest BCUT2D eigenvalue weighted by atomic mass is 16.3. The maximum Gasteiger partial charge on any atom is 0.0580 e. The van der Waals surface area contributed by atoms with Crippen LogP contribution in [0.2, 0.25) is 0 Å². The molecule has 0 spiro atoms. The molecule has 0 radical (unpaired) electrons. The lowest BCUT2D eigenvalue weighted by Crippen LogP contribution is -2.36. The fraction of sp³-hybridized carbons (Fsp3) is 1.00. The minimum Gasteiger partial charge on any atom is -0.393 e. The SMILES string of the molecule is CCCN1CCCC(NCC2CCCC2O)CC1. The van der Waals surface area contributed by atoms with Crippen molar-refractivity contribution in [1.82, 2.24) is 10.2 Å². The fourth-order valence-electron chi connectivity index (χ4n) is 3.47. The Labute approximate surface area is 112 Å². The van der Waals surface area contributed by atoms with Gasteiger partial charge in [0.25, 0.3) is 0 Å². The zero-order chi connectivity index (χ0) is 12.8. The van der Waals surface area contributed by atoms with Gasteiger partial charge in [0.2, 0.25) is 0 Å². The van der Waals surface area contributed by atoms with Crippen LogP contribution in [0.1, 0.15) is 51.9 Å². The van der Waals surface area contributed by atoms with E-state index in [0.29, 0.717) is 12.0 Å². The lowest BCUT2D eigenvalue weighted by Gasteiger charge is -2.22. The van der Waals surface area contributed by atoms with Gasteiger partial charge >= 0.3 is 0 Å². The Kier molecular flexibility index (Phi) is 5.93. The summed E-state index contributed by atoms with van der Waals surface area (Å²) in [6.45, 7) is 7.08. The average molecular weight is 254 g/mol. The molecule has 1 saturated carbocycles. The van der Waals surface area contributed by atoms with Gasteiger partial charge in [0.1, 0.15) is 0 Å². The maximum atomic E-state index is 9.84. The molecule has 2 N–H and O–H groups in total. The molecule has 2 rings (SSSR count). The van der Waals surface area contributed by atoms with Crippen molar-refractivity contribution in [3.05, 3.63) is 0 Å². The lowest BCUT2D eigenvalue weighted by atomic mass is 10.0. The van der Waals surface area contributed by atoms with Crippen LogP contribution in [0.3, 0.4) is 0 Å². The first-order valence-electron chi connectivity index (χ1n) is 7.93. The van der Waals surface area contributed by atoms with E-state index in [1.54, 1.807) is 0 Å². The molecule has 1 saturated heterocycles. The van der Waals surface area contributed by atoms with Crippen LogP contribution in [0.4, 0.5) is 0 Å². The second-order valence-electron chi connectivity index (χ2n) is 6.14. The normalized spacial score (nSPS) is 34.7. The van der Waals surface area contributed by atoms with Gasteiger partial charge in [0, 0.05) is 12.6 Å². The summed E-state index contributed by atoms with van der Waals surface area (Å²) in [6, 6.07) is 0.680. The molecule has 106 valence electrons. The van der Waals surface area contributed by atoms with Crippen LogP contribution >= 0.6 is 0 Å². The first kappa shape index (κ1) is 14.3. The van der Waals surface area contributed by atoms with Crippen LogP contribution in [0.15, 0.2) is 0 Å². The summed E-state index contributed by atoms with van der Waals surface area (Å²) in [5, 5.41) is 13.5. The molecule has 0 bridgehead atoms. The molecule has 0 amide bonds. The van der Waals surface area contributed by atoms with E-state index in [9.17, 15) is 5.11 Å². The Bertz CT molecular complexity index is 235. The highest BCUT2D eigenvalue weighted by molar-refractivity contribution is 4.81. The van der Waals surface area contributed by atoms with E-state index in [1.807, 2.05) is 0 Å². The molecule has 3 unspecified atom stereocenters. The van der Waals surface area contributed by atoms with Crippen molar-refractivity contribution in [2.75, 3.05) is 26.2 Å². The monoisotopic (exact) mass is 254 g/mol.